The Kier molecular flexibility index (Phi) is 3.96. The standard InChI is InChI=1S/C19H18O3/c20-18(21)22-17-11-13-19(14-12-17,15-7-3-1-4-8-15)16-9-5-2-6-10-16/h1-11H,12-14H2,(H,20,21). The summed E-state index contributed by atoms with van der Waals surface area (Å²) in [6, 6.07) is 20.8. The number of hydrogen-bond donors (Lipinski definition) is 1. The van der Waals surface area contributed by atoms with E-state index in [1.807, 2.05) is 42.5 Å². The third-order valence-electron chi connectivity index (χ3n) is 4.35. The molecular formula is C19H18O3. The van der Waals surface area contributed by atoms with E-state index in [0.29, 0.717) is 12.2 Å². The van der Waals surface area contributed by atoms with Crippen molar-refractivity contribution >= 4 is 6.16 Å². The van der Waals surface area contributed by atoms with Gasteiger partial charge in [-0.1, -0.05) is 60.7 Å². The summed E-state index contributed by atoms with van der Waals surface area (Å²) in [6.07, 6.45) is 2.87. The lowest BCUT2D eigenvalue weighted by atomic mass is 9.67. The van der Waals surface area contributed by atoms with Gasteiger partial charge in [-0.15, -0.1) is 0 Å². The van der Waals surface area contributed by atoms with Crippen LogP contribution in [0.15, 0.2) is 72.5 Å². The maximum absolute atomic E-state index is 10.7. The lowest BCUT2D eigenvalue weighted by Crippen LogP contribution is -2.30. The van der Waals surface area contributed by atoms with Crippen LogP contribution in [0.25, 0.3) is 0 Å². The summed E-state index contributed by atoms with van der Waals surface area (Å²) in [7, 11) is 0. The van der Waals surface area contributed by atoms with Crippen LogP contribution in [0, 0.1) is 0 Å². The smallest absolute Gasteiger partial charge is 0.449 e. The van der Waals surface area contributed by atoms with E-state index in [9.17, 15) is 4.79 Å². The summed E-state index contributed by atoms with van der Waals surface area (Å²) in [5, 5.41) is 8.77. The fourth-order valence-corrected chi connectivity index (χ4v) is 3.24. The fraction of sp³-hybridized carbons (Fsp3) is 0.211. The third kappa shape index (κ3) is 2.75. The first kappa shape index (κ1) is 14.4. The Morgan fingerprint density at radius 2 is 1.50 bits per heavy atom. The van der Waals surface area contributed by atoms with Crippen molar-refractivity contribution in [3.63, 3.8) is 0 Å². The van der Waals surface area contributed by atoms with Crippen molar-refractivity contribution in [2.75, 3.05) is 0 Å². The van der Waals surface area contributed by atoms with Crippen LogP contribution in [-0.2, 0) is 10.2 Å². The summed E-state index contributed by atoms with van der Waals surface area (Å²) < 4.78 is 4.83. The second-order valence-electron chi connectivity index (χ2n) is 5.56. The molecule has 1 N–H and O–H groups in total. The Labute approximate surface area is 129 Å². The van der Waals surface area contributed by atoms with Crippen LogP contribution in [0.4, 0.5) is 4.79 Å². The molecule has 22 heavy (non-hydrogen) atoms. The predicted octanol–water partition coefficient (Wildman–Crippen LogP) is 4.74. The van der Waals surface area contributed by atoms with Gasteiger partial charge in [-0.05, 0) is 30.0 Å². The van der Waals surface area contributed by atoms with Gasteiger partial charge in [-0.3, -0.25) is 0 Å². The van der Waals surface area contributed by atoms with Crippen LogP contribution >= 0.6 is 0 Å². The zero-order chi connectivity index (χ0) is 15.4. The van der Waals surface area contributed by atoms with Gasteiger partial charge in [0.15, 0.2) is 0 Å². The molecule has 3 nitrogen and oxygen atoms in total. The molecule has 0 amide bonds. The Hall–Kier alpha value is -2.55. The largest absolute Gasteiger partial charge is 0.511 e. The predicted molar refractivity (Wildman–Crippen MR) is 84.7 cm³/mol. The lowest BCUT2D eigenvalue weighted by molar-refractivity contribution is 0.113. The molecule has 3 heteroatoms. The summed E-state index contributed by atoms with van der Waals surface area (Å²) >= 11 is 0. The normalized spacial score (nSPS) is 16.6. The topological polar surface area (TPSA) is 46.5 Å². The minimum atomic E-state index is -1.24. The average molecular weight is 294 g/mol. The van der Waals surface area contributed by atoms with Gasteiger partial charge in [0.1, 0.15) is 5.76 Å². The number of benzene rings is 2. The lowest BCUT2D eigenvalue weighted by Gasteiger charge is -2.37. The molecule has 3 rings (SSSR count). The molecule has 0 spiro atoms. The molecule has 0 saturated carbocycles. The number of carboxylic acid groups (broad SMARTS) is 1. The summed E-state index contributed by atoms with van der Waals surface area (Å²) in [5.74, 6) is 0.551. The van der Waals surface area contributed by atoms with Gasteiger partial charge in [0.25, 0.3) is 0 Å². The van der Waals surface area contributed by atoms with Crippen LogP contribution in [0.3, 0.4) is 0 Å². The van der Waals surface area contributed by atoms with Gasteiger partial charge >= 0.3 is 6.16 Å². The highest BCUT2D eigenvalue weighted by molar-refractivity contribution is 5.58. The van der Waals surface area contributed by atoms with Crippen LogP contribution in [0.1, 0.15) is 30.4 Å². The number of ether oxygens (including phenoxy) is 1. The second kappa shape index (κ2) is 6.06. The fourth-order valence-electron chi connectivity index (χ4n) is 3.24. The van der Waals surface area contributed by atoms with E-state index in [1.165, 1.54) is 11.1 Å². The molecule has 0 unspecified atom stereocenters. The highest BCUT2D eigenvalue weighted by Crippen LogP contribution is 2.44. The van der Waals surface area contributed by atoms with E-state index in [4.69, 9.17) is 9.84 Å². The van der Waals surface area contributed by atoms with Gasteiger partial charge in [0.05, 0.1) is 0 Å². The molecule has 0 aromatic heterocycles. The van der Waals surface area contributed by atoms with Crippen LogP contribution in [0.5, 0.6) is 0 Å². The molecular weight excluding hydrogens is 276 g/mol. The van der Waals surface area contributed by atoms with Crippen molar-refractivity contribution in [2.45, 2.75) is 24.7 Å². The molecule has 0 radical (unpaired) electrons. The summed E-state index contributed by atoms with van der Waals surface area (Å²) in [4.78, 5) is 10.7. The summed E-state index contributed by atoms with van der Waals surface area (Å²) in [6.45, 7) is 0. The maximum atomic E-state index is 10.7. The minimum absolute atomic E-state index is 0.117. The number of allylic oxidation sites excluding steroid dienone is 2. The third-order valence-corrected chi connectivity index (χ3v) is 4.35. The zero-order valence-electron chi connectivity index (χ0n) is 12.2. The molecule has 0 fully saturated rings. The molecule has 0 bridgehead atoms. The Balaban J connectivity index is 2.00. The van der Waals surface area contributed by atoms with Crippen LogP contribution in [0.2, 0.25) is 0 Å². The van der Waals surface area contributed by atoms with Gasteiger partial charge in [0.2, 0.25) is 0 Å². The molecule has 0 aliphatic heterocycles. The van der Waals surface area contributed by atoms with E-state index >= 15 is 0 Å². The van der Waals surface area contributed by atoms with Crippen molar-refractivity contribution in [1.29, 1.82) is 0 Å². The van der Waals surface area contributed by atoms with Gasteiger partial charge in [-0.2, -0.15) is 0 Å². The van der Waals surface area contributed by atoms with Crippen LogP contribution < -0.4 is 0 Å². The van der Waals surface area contributed by atoms with E-state index in [1.54, 1.807) is 0 Å². The van der Waals surface area contributed by atoms with E-state index in [-0.39, 0.29) is 5.41 Å². The van der Waals surface area contributed by atoms with Crippen molar-refractivity contribution in [3.8, 4) is 0 Å². The van der Waals surface area contributed by atoms with Gasteiger partial charge in [0, 0.05) is 11.8 Å². The quantitative estimate of drug-likeness (QED) is 0.832. The highest BCUT2D eigenvalue weighted by atomic mass is 16.7. The molecule has 0 atom stereocenters. The van der Waals surface area contributed by atoms with Crippen molar-refractivity contribution in [3.05, 3.63) is 83.6 Å². The van der Waals surface area contributed by atoms with Crippen molar-refractivity contribution < 1.29 is 14.6 Å². The van der Waals surface area contributed by atoms with Crippen molar-refractivity contribution in [2.24, 2.45) is 0 Å². The minimum Gasteiger partial charge on any atom is -0.449 e. The van der Waals surface area contributed by atoms with Gasteiger partial charge in [-0.25, -0.2) is 4.79 Å². The molecule has 2 aromatic rings. The monoisotopic (exact) mass is 294 g/mol. The average Bonchev–Trinajstić information content (AvgIpc) is 2.57. The van der Waals surface area contributed by atoms with E-state index in [0.717, 1.165) is 12.8 Å². The molecule has 0 saturated heterocycles. The number of rotatable bonds is 3. The highest BCUT2D eigenvalue weighted by Gasteiger charge is 2.36. The van der Waals surface area contributed by atoms with E-state index < -0.39 is 6.16 Å². The summed E-state index contributed by atoms with van der Waals surface area (Å²) in [5.41, 5.74) is 2.40. The SMILES string of the molecule is O=C(O)OC1=CCC(c2ccccc2)(c2ccccc2)CC1. The Morgan fingerprint density at radius 1 is 0.955 bits per heavy atom. The first-order valence-corrected chi connectivity index (χ1v) is 7.41. The zero-order valence-corrected chi connectivity index (χ0v) is 12.2. The Bertz CT molecular complexity index is 635. The second-order valence-corrected chi connectivity index (χ2v) is 5.56. The number of hydrogen-bond acceptors (Lipinski definition) is 2. The number of carbonyl (C=O) groups is 1. The molecule has 1 aliphatic carbocycles. The molecule has 112 valence electrons. The van der Waals surface area contributed by atoms with Crippen LogP contribution in [-0.4, -0.2) is 11.3 Å². The van der Waals surface area contributed by atoms with Gasteiger partial charge < -0.3 is 9.84 Å². The first-order valence-electron chi connectivity index (χ1n) is 7.41. The van der Waals surface area contributed by atoms with Crippen molar-refractivity contribution in [1.82, 2.24) is 0 Å². The Morgan fingerprint density at radius 3 is 1.91 bits per heavy atom. The molecule has 0 heterocycles. The molecule has 2 aromatic carbocycles. The molecule has 1 aliphatic rings. The van der Waals surface area contributed by atoms with E-state index in [2.05, 4.69) is 24.3 Å². The first-order chi connectivity index (χ1) is 10.7. The maximum Gasteiger partial charge on any atom is 0.511 e.